The second-order valence-electron chi connectivity index (χ2n) is 5.65. The molecular weight excluding hydrogens is 334 g/mol. The predicted molar refractivity (Wildman–Crippen MR) is 98.9 cm³/mol. The molecule has 0 unspecified atom stereocenters. The summed E-state index contributed by atoms with van der Waals surface area (Å²) in [4.78, 5) is 23.8. The van der Waals surface area contributed by atoms with Crippen LogP contribution in [0.5, 0.6) is 0 Å². The summed E-state index contributed by atoms with van der Waals surface area (Å²) < 4.78 is 0. The Hall–Kier alpha value is -3.32. The first-order chi connectivity index (χ1) is 12.5. The highest BCUT2D eigenvalue weighted by Crippen LogP contribution is 2.18. The van der Waals surface area contributed by atoms with Gasteiger partial charge in [-0.05, 0) is 17.2 Å². The van der Waals surface area contributed by atoms with Crippen LogP contribution in [0.3, 0.4) is 0 Å². The number of nitrogens with two attached hydrogens (primary N) is 1. The lowest BCUT2D eigenvalue weighted by Gasteiger charge is -2.04. The first kappa shape index (κ1) is 19.0. The van der Waals surface area contributed by atoms with Gasteiger partial charge in [-0.1, -0.05) is 48.5 Å². The van der Waals surface area contributed by atoms with Crippen molar-refractivity contribution >= 4 is 23.0 Å². The minimum atomic E-state index is -0.992. The highest BCUT2D eigenvalue weighted by molar-refractivity contribution is 5.84. The molecule has 0 saturated carbocycles. The highest BCUT2D eigenvalue weighted by atomic mass is 16.4. The number of hydrogen-bond acceptors (Lipinski definition) is 3. The van der Waals surface area contributed by atoms with Gasteiger partial charge in [-0.25, -0.2) is 4.79 Å². The minimum Gasteiger partial charge on any atom is -0.480 e. The molecular formula is C19H21N3O4. The monoisotopic (exact) mass is 355 g/mol. The van der Waals surface area contributed by atoms with Gasteiger partial charge < -0.3 is 26.2 Å². The summed E-state index contributed by atoms with van der Waals surface area (Å²) >= 11 is 0. The van der Waals surface area contributed by atoms with Crippen LogP contribution in [0.2, 0.25) is 0 Å². The number of carboxylic acids is 1. The molecule has 0 spiro atoms. The maximum atomic E-state index is 10.6. The van der Waals surface area contributed by atoms with Gasteiger partial charge in [-0.3, -0.25) is 4.79 Å². The summed E-state index contributed by atoms with van der Waals surface area (Å²) in [5.74, 6) is -0.972. The molecule has 0 bridgehead atoms. The molecule has 1 heterocycles. The van der Waals surface area contributed by atoms with E-state index in [0.29, 0.717) is 13.0 Å². The van der Waals surface area contributed by atoms with Crippen LogP contribution in [0.1, 0.15) is 11.1 Å². The Kier molecular flexibility index (Phi) is 6.75. The molecule has 0 aliphatic carbocycles. The molecule has 26 heavy (non-hydrogen) atoms. The number of aromatic amines is 1. The number of benzene rings is 2. The minimum absolute atomic E-state index is 0.347. The lowest BCUT2D eigenvalue weighted by atomic mass is 10.1. The summed E-state index contributed by atoms with van der Waals surface area (Å²) in [6.07, 6.45) is 1.17. The van der Waals surface area contributed by atoms with Crippen LogP contribution >= 0.6 is 0 Å². The first-order valence-corrected chi connectivity index (χ1v) is 8.01. The number of carboxylic acid groups (broad SMARTS) is 2. The van der Waals surface area contributed by atoms with Crippen molar-refractivity contribution in [2.75, 3.05) is 0 Å². The number of nitrogens with one attached hydrogen (secondary N) is 2. The molecule has 3 aromatic rings. The molecule has 1 amide bonds. The summed E-state index contributed by atoms with van der Waals surface area (Å²) in [6, 6.07) is 16.3. The summed E-state index contributed by atoms with van der Waals surface area (Å²) in [5, 5.41) is 20.3. The van der Waals surface area contributed by atoms with E-state index in [1.807, 2.05) is 60.8 Å². The predicted octanol–water partition coefficient (Wildman–Crippen LogP) is 2.58. The Bertz CT molecular complexity index is 861. The molecule has 0 fully saturated rings. The van der Waals surface area contributed by atoms with Gasteiger partial charge in [-0.2, -0.15) is 0 Å². The van der Waals surface area contributed by atoms with Crippen molar-refractivity contribution in [2.45, 2.75) is 19.0 Å². The van der Waals surface area contributed by atoms with E-state index in [-0.39, 0.29) is 0 Å². The average molecular weight is 355 g/mol. The number of amides is 1. The average Bonchev–Trinajstić information content (AvgIpc) is 3.04. The number of para-hydroxylation sites is 1. The number of carbonyl (C=O) groups is 2. The van der Waals surface area contributed by atoms with Crippen molar-refractivity contribution in [3.05, 3.63) is 71.9 Å². The Morgan fingerprint density at radius 1 is 1.04 bits per heavy atom. The fraction of sp³-hybridized carbons (Fsp3) is 0.158. The van der Waals surface area contributed by atoms with Crippen LogP contribution < -0.4 is 11.1 Å². The number of aliphatic carboxylic acids is 1. The Balaban J connectivity index is 0.000000197. The molecule has 136 valence electrons. The van der Waals surface area contributed by atoms with Gasteiger partial charge in [-0.15, -0.1) is 0 Å². The van der Waals surface area contributed by atoms with Crippen molar-refractivity contribution in [3.8, 4) is 0 Å². The smallest absolute Gasteiger partial charge is 0.404 e. The molecule has 7 heteroatoms. The van der Waals surface area contributed by atoms with E-state index >= 15 is 0 Å². The fourth-order valence-corrected chi connectivity index (χ4v) is 2.40. The molecule has 3 rings (SSSR count). The zero-order valence-corrected chi connectivity index (χ0v) is 14.1. The van der Waals surface area contributed by atoms with Gasteiger partial charge >= 0.3 is 12.1 Å². The van der Waals surface area contributed by atoms with Crippen LogP contribution in [-0.2, 0) is 17.8 Å². The topological polar surface area (TPSA) is 128 Å². The number of H-pyrrole nitrogens is 1. The number of rotatable bonds is 5. The van der Waals surface area contributed by atoms with Gasteiger partial charge in [0.2, 0.25) is 0 Å². The number of aromatic nitrogens is 1. The Labute approximate surface area is 150 Å². The van der Waals surface area contributed by atoms with E-state index in [0.717, 1.165) is 22.0 Å². The van der Waals surface area contributed by atoms with Gasteiger partial charge in [0.1, 0.15) is 6.04 Å². The fourth-order valence-electron chi connectivity index (χ4n) is 2.40. The normalized spacial score (nSPS) is 11.3. The van der Waals surface area contributed by atoms with E-state index in [1.165, 1.54) is 0 Å². The van der Waals surface area contributed by atoms with E-state index < -0.39 is 18.1 Å². The summed E-state index contributed by atoms with van der Waals surface area (Å²) in [5.41, 5.74) is 8.40. The molecule has 1 aromatic heterocycles. The molecule has 6 N–H and O–H groups in total. The van der Waals surface area contributed by atoms with Crippen molar-refractivity contribution < 1.29 is 19.8 Å². The van der Waals surface area contributed by atoms with Crippen LogP contribution in [0.25, 0.3) is 10.9 Å². The largest absolute Gasteiger partial charge is 0.480 e. The molecule has 0 saturated heterocycles. The van der Waals surface area contributed by atoms with Crippen molar-refractivity contribution in [3.63, 3.8) is 0 Å². The van der Waals surface area contributed by atoms with Crippen molar-refractivity contribution in [2.24, 2.45) is 5.73 Å². The third-order valence-corrected chi connectivity index (χ3v) is 3.72. The van der Waals surface area contributed by atoms with Crippen LogP contribution in [0, 0.1) is 0 Å². The Morgan fingerprint density at radius 2 is 1.69 bits per heavy atom. The second kappa shape index (κ2) is 9.24. The molecule has 0 radical (unpaired) electrons. The standard InChI is InChI=1S/C11H12N2O2.C8H9NO2/c12-9(11(14)15)5-7-6-13-10-4-2-1-3-8(7)10;10-8(11)9-6-7-4-2-1-3-5-7/h1-4,6,9,13H,5,12H2,(H,14,15);1-5,9H,6H2,(H,10,11)/t9-;/m0./s1. The summed E-state index contributed by atoms with van der Waals surface area (Å²) in [6.45, 7) is 0.371. The third-order valence-electron chi connectivity index (χ3n) is 3.72. The van der Waals surface area contributed by atoms with Gasteiger partial charge in [0.15, 0.2) is 0 Å². The van der Waals surface area contributed by atoms with Crippen LogP contribution in [-0.4, -0.2) is 33.3 Å². The maximum absolute atomic E-state index is 10.6. The molecule has 7 nitrogen and oxygen atoms in total. The third kappa shape index (κ3) is 5.64. The van der Waals surface area contributed by atoms with Crippen molar-refractivity contribution in [1.82, 2.24) is 10.3 Å². The molecule has 0 aliphatic rings. The van der Waals surface area contributed by atoms with E-state index in [1.54, 1.807) is 0 Å². The van der Waals surface area contributed by atoms with Crippen LogP contribution in [0.15, 0.2) is 60.8 Å². The Morgan fingerprint density at radius 3 is 2.35 bits per heavy atom. The molecule has 1 atom stereocenters. The van der Waals surface area contributed by atoms with Gasteiger partial charge in [0.25, 0.3) is 0 Å². The number of hydrogen-bond donors (Lipinski definition) is 5. The lowest BCUT2D eigenvalue weighted by molar-refractivity contribution is -0.138. The zero-order valence-electron chi connectivity index (χ0n) is 14.1. The van der Waals surface area contributed by atoms with Crippen molar-refractivity contribution in [1.29, 1.82) is 0 Å². The maximum Gasteiger partial charge on any atom is 0.404 e. The number of fused-ring (bicyclic) bond motifs is 1. The molecule has 0 aliphatic heterocycles. The SMILES string of the molecule is N[C@@H](Cc1c[nH]c2ccccc12)C(=O)O.O=C(O)NCc1ccccc1. The second-order valence-corrected chi connectivity index (χ2v) is 5.65. The molecule has 2 aromatic carbocycles. The van der Waals surface area contributed by atoms with E-state index in [4.69, 9.17) is 15.9 Å². The quantitative estimate of drug-likeness (QED) is 0.480. The van der Waals surface area contributed by atoms with E-state index in [9.17, 15) is 9.59 Å². The highest BCUT2D eigenvalue weighted by Gasteiger charge is 2.14. The van der Waals surface area contributed by atoms with Gasteiger partial charge in [0, 0.05) is 30.1 Å². The van der Waals surface area contributed by atoms with E-state index in [2.05, 4.69) is 10.3 Å². The first-order valence-electron chi connectivity index (χ1n) is 8.01. The summed E-state index contributed by atoms with van der Waals surface area (Å²) in [7, 11) is 0. The van der Waals surface area contributed by atoms with Crippen LogP contribution in [0.4, 0.5) is 4.79 Å². The zero-order chi connectivity index (χ0) is 18.9. The lowest BCUT2D eigenvalue weighted by Crippen LogP contribution is -2.32. The van der Waals surface area contributed by atoms with Gasteiger partial charge in [0.05, 0.1) is 0 Å².